The summed E-state index contributed by atoms with van der Waals surface area (Å²) in [5.41, 5.74) is 0.325. The average Bonchev–Trinajstić information content (AvgIpc) is 3.34. The second-order valence-electron chi connectivity index (χ2n) is 5.88. The Bertz CT molecular complexity index is 821. The lowest BCUT2D eigenvalue weighted by molar-refractivity contribution is -0.0588. The number of carbonyl (C=O) groups excluding carboxylic acids is 3. The third-order valence-electron chi connectivity index (χ3n) is 4.15. The number of amides is 2. The van der Waals surface area contributed by atoms with Crippen LogP contribution in [0.5, 0.6) is 0 Å². The Morgan fingerprint density at radius 2 is 1.96 bits per heavy atom. The first-order valence-corrected chi connectivity index (χ1v) is 7.81. The molecule has 0 radical (unpaired) electrons. The maximum absolute atomic E-state index is 12.2. The number of nitrogens with zero attached hydrogens (tertiary/aromatic N) is 4. The molecule has 25 heavy (non-hydrogen) atoms. The summed E-state index contributed by atoms with van der Waals surface area (Å²) in [5.74, 6) is -1.95. The van der Waals surface area contributed by atoms with E-state index in [9.17, 15) is 14.4 Å². The Morgan fingerprint density at radius 1 is 1.24 bits per heavy atom. The zero-order valence-electron chi connectivity index (χ0n) is 13.1. The van der Waals surface area contributed by atoms with Gasteiger partial charge in [0.1, 0.15) is 0 Å². The molecule has 9 nitrogen and oxygen atoms in total. The number of fused-ring (bicyclic) bond motifs is 1. The summed E-state index contributed by atoms with van der Waals surface area (Å²) in [6, 6.07) is 6.27. The van der Waals surface area contributed by atoms with E-state index in [1.165, 1.54) is 23.0 Å². The van der Waals surface area contributed by atoms with Crippen molar-refractivity contribution in [1.82, 2.24) is 20.1 Å². The first kappa shape index (κ1) is 15.5. The lowest BCUT2D eigenvalue weighted by atomic mass is 10.1. The topological polar surface area (TPSA) is 104 Å². The maximum Gasteiger partial charge on any atom is 0.385 e. The molecular weight excluding hydrogens is 328 g/mol. The van der Waals surface area contributed by atoms with Crippen LogP contribution < -0.4 is 0 Å². The lowest BCUT2D eigenvalue weighted by Crippen LogP contribution is -2.32. The molecule has 0 bridgehead atoms. The number of aromatic nitrogens is 3. The quantitative estimate of drug-likeness (QED) is 0.753. The summed E-state index contributed by atoms with van der Waals surface area (Å²) in [5, 5.41) is 8.08. The van der Waals surface area contributed by atoms with Crippen molar-refractivity contribution in [3.05, 3.63) is 47.3 Å². The molecule has 0 aliphatic carbocycles. The molecule has 2 aliphatic rings. The molecule has 1 aromatic carbocycles. The number of hydroxylamine groups is 2. The zero-order valence-corrected chi connectivity index (χ0v) is 13.1. The van der Waals surface area contributed by atoms with E-state index in [4.69, 9.17) is 9.57 Å². The van der Waals surface area contributed by atoms with Crippen molar-refractivity contribution in [2.75, 3.05) is 13.2 Å². The number of hydrogen-bond acceptors (Lipinski definition) is 7. The van der Waals surface area contributed by atoms with E-state index >= 15 is 0 Å². The van der Waals surface area contributed by atoms with Gasteiger partial charge in [-0.15, -0.1) is 5.10 Å². The van der Waals surface area contributed by atoms with Gasteiger partial charge in [-0.25, -0.2) is 4.79 Å². The van der Waals surface area contributed by atoms with Crippen LogP contribution in [-0.4, -0.2) is 51.1 Å². The van der Waals surface area contributed by atoms with Gasteiger partial charge in [0.15, 0.2) is 5.69 Å². The van der Waals surface area contributed by atoms with Gasteiger partial charge in [0.2, 0.25) is 0 Å². The van der Waals surface area contributed by atoms with E-state index in [0.29, 0.717) is 30.7 Å². The predicted octanol–water partition coefficient (Wildman–Crippen LogP) is 0.683. The summed E-state index contributed by atoms with van der Waals surface area (Å²) in [7, 11) is 0. The summed E-state index contributed by atoms with van der Waals surface area (Å²) in [6.07, 6.45) is 2.35. The summed E-state index contributed by atoms with van der Waals surface area (Å²) >= 11 is 0. The molecule has 1 unspecified atom stereocenters. The molecule has 1 fully saturated rings. The molecule has 9 heteroatoms. The second kappa shape index (κ2) is 6.10. The molecule has 4 rings (SSSR count). The van der Waals surface area contributed by atoms with Gasteiger partial charge in [0.05, 0.1) is 23.9 Å². The third kappa shape index (κ3) is 2.78. The number of carbonyl (C=O) groups is 3. The van der Waals surface area contributed by atoms with Crippen LogP contribution in [0.1, 0.15) is 37.6 Å². The summed E-state index contributed by atoms with van der Waals surface area (Å²) in [4.78, 5) is 41.5. The highest BCUT2D eigenvalue weighted by Gasteiger charge is 2.39. The van der Waals surface area contributed by atoms with Crippen LogP contribution in [-0.2, 0) is 16.1 Å². The van der Waals surface area contributed by atoms with Gasteiger partial charge in [-0.3, -0.25) is 14.3 Å². The second-order valence-corrected chi connectivity index (χ2v) is 5.88. The molecule has 0 spiro atoms. The van der Waals surface area contributed by atoms with E-state index in [0.717, 1.165) is 6.42 Å². The van der Waals surface area contributed by atoms with Crippen molar-refractivity contribution in [3.8, 4) is 0 Å². The van der Waals surface area contributed by atoms with Gasteiger partial charge in [0, 0.05) is 19.1 Å². The zero-order chi connectivity index (χ0) is 17.4. The Balaban J connectivity index is 1.45. The van der Waals surface area contributed by atoms with Gasteiger partial charge in [-0.2, -0.15) is 0 Å². The Kier molecular flexibility index (Phi) is 3.77. The fourth-order valence-corrected chi connectivity index (χ4v) is 2.85. The van der Waals surface area contributed by atoms with Gasteiger partial charge in [-0.1, -0.05) is 22.4 Å². The molecule has 3 heterocycles. The fourth-order valence-electron chi connectivity index (χ4n) is 2.85. The van der Waals surface area contributed by atoms with Crippen LogP contribution in [0.25, 0.3) is 0 Å². The van der Waals surface area contributed by atoms with Crippen LogP contribution >= 0.6 is 0 Å². The van der Waals surface area contributed by atoms with Crippen molar-refractivity contribution in [1.29, 1.82) is 0 Å². The van der Waals surface area contributed by atoms with E-state index in [2.05, 4.69) is 10.3 Å². The highest BCUT2D eigenvalue weighted by atomic mass is 16.7. The molecule has 2 aromatic rings. The molecular formula is C16H14N4O5. The predicted molar refractivity (Wildman–Crippen MR) is 81.3 cm³/mol. The van der Waals surface area contributed by atoms with Crippen molar-refractivity contribution in [2.45, 2.75) is 13.0 Å². The standard InChI is InChI=1S/C16H14N4O5/c21-14-11-3-1-2-4-12(11)15(22)20(14)25-16(23)13-8-19(18-17-13)7-10-5-6-24-9-10/h1-4,8,10H,5-7,9H2. The first-order valence-electron chi connectivity index (χ1n) is 7.81. The Morgan fingerprint density at radius 3 is 2.60 bits per heavy atom. The van der Waals surface area contributed by atoms with Gasteiger partial charge in [-0.05, 0) is 18.6 Å². The van der Waals surface area contributed by atoms with Crippen LogP contribution in [0.2, 0.25) is 0 Å². The maximum atomic E-state index is 12.2. The Labute approximate surface area is 142 Å². The molecule has 2 aliphatic heterocycles. The first-order chi connectivity index (χ1) is 12.1. The molecule has 0 N–H and O–H groups in total. The van der Waals surface area contributed by atoms with Crippen LogP contribution in [0.4, 0.5) is 0 Å². The molecule has 1 aromatic heterocycles. The van der Waals surface area contributed by atoms with Crippen molar-refractivity contribution < 1.29 is 24.0 Å². The normalized spacial score (nSPS) is 19.4. The van der Waals surface area contributed by atoms with E-state index in [1.807, 2.05) is 0 Å². The molecule has 0 saturated carbocycles. The number of rotatable bonds is 4. The van der Waals surface area contributed by atoms with Crippen molar-refractivity contribution >= 4 is 17.8 Å². The number of ether oxygens (including phenoxy) is 1. The number of benzene rings is 1. The fraction of sp³-hybridized carbons (Fsp3) is 0.312. The van der Waals surface area contributed by atoms with Crippen LogP contribution in [0.15, 0.2) is 30.5 Å². The van der Waals surface area contributed by atoms with Gasteiger partial charge >= 0.3 is 5.97 Å². The lowest BCUT2D eigenvalue weighted by Gasteiger charge is -2.11. The van der Waals surface area contributed by atoms with Crippen molar-refractivity contribution in [3.63, 3.8) is 0 Å². The third-order valence-corrected chi connectivity index (χ3v) is 4.15. The van der Waals surface area contributed by atoms with E-state index in [-0.39, 0.29) is 16.8 Å². The number of hydrogen-bond donors (Lipinski definition) is 0. The molecule has 128 valence electrons. The minimum atomic E-state index is -0.913. The van der Waals surface area contributed by atoms with E-state index in [1.54, 1.807) is 12.1 Å². The average molecular weight is 342 g/mol. The smallest absolute Gasteiger partial charge is 0.381 e. The van der Waals surface area contributed by atoms with Crippen molar-refractivity contribution in [2.24, 2.45) is 5.92 Å². The molecule has 1 atom stereocenters. The summed E-state index contributed by atoms with van der Waals surface area (Å²) < 4.78 is 6.82. The summed E-state index contributed by atoms with van der Waals surface area (Å²) in [6.45, 7) is 1.94. The highest BCUT2D eigenvalue weighted by Crippen LogP contribution is 2.23. The van der Waals surface area contributed by atoms with E-state index < -0.39 is 17.8 Å². The Hall–Kier alpha value is -3.07. The number of imide groups is 1. The van der Waals surface area contributed by atoms with Crippen LogP contribution in [0.3, 0.4) is 0 Å². The van der Waals surface area contributed by atoms with Gasteiger partial charge < -0.3 is 9.57 Å². The molecule has 1 saturated heterocycles. The molecule has 2 amide bonds. The largest absolute Gasteiger partial charge is 0.385 e. The van der Waals surface area contributed by atoms with Gasteiger partial charge in [0.25, 0.3) is 11.8 Å². The van der Waals surface area contributed by atoms with Crippen LogP contribution in [0, 0.1) is 5.92 Å². The highest BCUT2D eigenvalue weighted by molar-refractivity contribution is 6.21. The SMILES string of the molecule is O=C(ON1C(=O)c2ccccc2C1=O)c1cn(CC2CCOC2)nn1. The minimum Gasteiger partial charge on any atom is -0.381 e. The monoisotopic (exact) mass is 342 g/mol. The minimum absolute atomic E-state index is 0.0736.